The Bertz CT molecular complexity index is 689. The SMILES string of the molecule is Cc1ccc(NS(=O)(=O)c2ccc(C)c(C)c2)cc1. The van der Waals surface area contributed by atoms with Crippen LogP contribution in [0.25, 0.3) is 0 Å². The summed E-state index contributed by atoms with van der Waals surface area (Å²) in [5.74, 6) is 0. The molecule has 0 radical (unpaired) electrons. The molecular weight excluding hydrogens is 258 g/mol. The molecule has 2 aromatic rings. The van der Waals surface area contributed by atoms with Crippen molar-refractivity contribution in [3.63, 3.8) is 0 Å². The van der Waals surface area contributed by atoms with Crippen molar-refractivity contribution in [1.82, 2.24) is 0 Å². The molecule has 0 bridgehead atoms. The van der Waals surface area contributed by atoms with Crippen molar-refractivity contribution in [2.45, 2.75) is 25.7 Å². The van der Waals surface area contributed by atoms with E-state index in [4.69, 9.17) is 0 Å². The number of rotatable bonds is 3. The van der Waals surface area contributed by atoms with Gasteiger partial charge in [0.1, 0.15) is 0 Å². The molecule has 2 aromatic carbocycles. The van der Waals surface area contributed by atoms with Crippen LogP contribution in [0.3, 0.4) is 0 Å². The number of anilines is 1. The Hall–Kier alpha value is -1.81. The van der Waals surface area contributed by atoms with Gasteiger partial charge in [-0.2, -0.15) is 0 Å². The van der Waals surface area contributed by atoms with Crippen LogP contribution in [-0.2, 0) is 10.0 Å². The lowest BCUT2D eigenvalue weighted by atomic mass is 10.1. The van der Waals surface area contributed by atoms with E-state index in [0.29, 0.717) is 5.69 Å². The van der Waals surface area contributed by atoms with Gasteiger partial charge in [-0.05, 0) is 56.2 Å². The number of hydrogen-bond donors (Lipinski definition) is 1. The third-order valence-electron chi connectivity index (χ3n) is 3.09. The van der Waals surface area contributed by atoms with Gasteiger partial charge < -0.3 is 0 Å². The fourth-order valence-electron chi connectivity index (χ4n) is 1.72. The molecule has 0 atom stereocenters. The highest BCUT2D eigenvalue weighted by Gasteiger charge is 2.14. The Labute approximate surface area is 114 Å². The average molecular weight is 275 g/mol. The third kappa shape index (κ3) is 3.15. The zero-order valence-electron chi connectivity index (χ0n) is 11.3. The predicted molar refractivity (Wildman–Crippen MR) is 77.9 cm³/mol. The van der Waals surface area contributed by atoms with E-state index >= 15 is 0 Å². The third-order valence-corrected chi connectivity index (χ3v) is 4.47. The zero-order valence-corrected chi connectivity index (χ0v) is 12.1. The maximum Gasteiger partial charge on any atom is 0.261 e. The molecule has 0 aliphatic rings. The number of sulfonamides is 1. The fraction of sp³-hybridized carbons (Fsp3) is 0.200. The first-order valence-electron chi connectivity index (χ1n) is 6.05. The Kier molecular flexibility index (Phi) is 3.62. The topological polar surface area (TPSA) is 46.2 Å². The van der Waals surface area contributed by atoms with Crippen LogP contribution in [0, 0.1) is 20.8 Å². The molecule has 0 saturated carbocycles. The minimum Gasteiger partial charge on any atom is -0.280 e. The van der Waals surface area contributed by atoms with Crippen molar-refractivity contribution in [1.29, 1.82) is 0 Å². The Balaban J connectivity index is 2.32. The van der Waals surface area contributed by atoms with Crippen LogP contribution in [-0.4, -0.2) is 8.42 Å². The second-order valence-corrected chi connectivity index (χ2v) is 6.40. The summed E-state index contributed by atoms with van der Waals surface area (Å²) >= 11 is 0. The van der Waals surface area contributed by atoms with Gasteiger partial charge in [0.15, 0.2) is 0 Å². The summed E-state index contributed by atoms with van der Waals surface area (Å²) in [6.07, 6.45) is 0. The number of aryl methyl sites for hydroxylation is 3. The van der Waals surface area contributed by atoms with E-state index in [2.05, 4.69) is 4.72 Å². The van der Waals surface area contributed by atoms with Gasteiger partial charge in [-0.25, -0.2) is 8.42 Å². The van der Waals surface area contributed by atoms with E-state index < -0.39 is 10.0 Å². The van der Waals surface area contributed by atoms with Crippen LogP contribution >= 0.6 is 0 Å². The highest BCUT2D eigenvalue weighted by atomic mass is 32.2. The van der Waals surface area contributed by atoms with E-state index in [1.165, 1.54) is 0 Å². The lowest BCUT2D eigenvalue weighted by Crippen LogP contribution is -2.13. The molecule has 19 heavy (non-hydrogen) atoms. The Morgan fingerprint density at radius 2 is 1.47 bits per heavy atom. The summed E-state index contributed by atoms with van der Waals surface area (Å²) in [6.45, 7) is 5.82. The molecule has 0 heterocycles. The van der Waals surface area contributed by atoms with Crippen molar-refractivity contribution in [3.05, 3.63) is 59.2 Å². The Morgan fingerprint density at radius 3 is 2.05 bits per heavy atom. The maximum atomic E-state index is 12.2. The molecule has 3 nitrogen and oxygen atoms in total. The van der Waals surface area contributed by atoms with E-state index in [0.717, 1.165) is 16.7 Å². The van der Waals surface area contributed by atoms with Crippen LogP contribution in [0.2, 0.25) is 0 Å². The number of benzene rings is 2. The molecule has 0 unspecified atom stereocenters. The summed E-state index contributed by atoms with van der Waals surface area (Å²) in [6, 6.07) is 12.4. The van der Waals surface area contributed by atoms with E-state index in [1.54, 1.807) is 24.3 Å². The van der Waals surface area contributed by atoms with Gasteiger partial charge in [-0.1, -0.05) is 23.8 Å². The molecule has 0 fully saturated rings. The first-order valence-corrected chi connectivity index (χ1v) is 7.53. The number of nitrogens with one attached hydrogen (secondary N) is 1. The molecule has 0 saturated heterocycles. The van der Waals surface area contributed by atoms with Crippen molar-refractivity contribution in [2.24, 2.45) is 0 Å². The monoisotopic (exact) mass is 275 g/mol. The first kappa shape index (κ1) is 13.6. The summed E-state index contributed by atoms with van der Waals surface area (Å²) in [5, 5.41) is 0. The largest absolute Gasteiger partial charge is 0.280 e. The quantitative estimate of drug-likeness (QED) is 0.933. The van der Waals surface area contributed by atoms with Crippen LogP contribution in [0.4, 0.5) is 5.69 Å². The normalized spacial score (nSPS) is 11.3. The molecular formula is C15H17NO2S. The minimum atomic E-state index is -3.52. The standard InChI is InChI=1S/C15H17NO2S/c1-11-4-7-14(8-5-11)16-19(17,18)15-9-6-12(2)13(3)10-15/h4-10,16H,1-3H3. The molecule has 2 rings (SSSR count). The molecule has 100 valence electrons. The van der Waals surface area contributed by atoms with Gasteiger partial charge in [-0.15, -0.1) is 0 Å². The molecule has 0 amide bonds. The summed E-state index contributed by atoms with van der Waals surface area (Å²) < 4.78 is 27.1. The number of hydrogen-bond acceptors (Lipinski definition) is 2. The minimum absolute atomic E-state index is 0.288. The summed E-state index contributed by atoms with van der Waals surface area (Å²) in [4.78, 5) is 0.288. The second kappa shape index (κ2) is 5.05. The van der Waals surface area contributed by atoms with Crippen molar-refractivity contribution >= 4 is 15.7 Å². The summed E-state index contributed by atoms with van der Waals surface area (Å²) in [5.41, 5.74) is 3.71. The van der Waals surface area contributed by atoms with Gasteiger partial charge in [0.2, 0.25) is 0 Å². The van der Waals surface area contributed by atoms with Gasteiger partial charge in [0.05, 0.1) is 4.90 Å². The smallest absolute Gasteiger partial charge is 0.261 e. The maximum absolute atomic E-state index is 12.2. The summed E-state index contributed by atoms with van der Waals surface area (Å²) in [7, 11) is -3.52. The molecule has 0 spiro atoms. The van der Waals surface area contributed by atoms with Gasteiger partial charge in [0.25, 0.3) is 10.0 Å². The van der Waals surface area contributed by atoms with Crippen molar-refractivity contribution < 1.29 is 8.42 Å². The fourth-order valence-corrected chi connectivity index (χ4v) is 2.86. The molecule has 1 N–H and O–H groups in total. The molecule has 0 aliphatic carbocycles. The van der Waals surface area contributed by atoms with Gasteiger partial charge in [0, 0.05) is 5.69 Å². The van der Waals surface area contributed by atoms with Crippen LogP contribution in [0.5, 0.6) is 0 Å². The van der Waals surface area contributed by atoms with Crippen molar-refractivity contribution in [2.75, 3.05) is 4.72 Å². The molecule has 4 heteroatoms. The predicted octanol–water partition coefficient (Wildman–Crippen LogP) is 3.41. The lowest BCUT2D eigenvalue weighted by Gasteiger charge is -2.10. The highest BCUT2D eigenvalue weighted by Crippen LogP contribution is 2.19. The molecule has 0 aromatic heterocycles. The van der Waals surface area contributed by atoms with E-state index in [1.807, 2.05) is 39.0 Å². The van der Waals surface area contributed by atoms with Gasteiger partial charge >= 0.3 is 0 Å². The van der Waals surface area contributed by atoms with Crippen LogP contribution in [0.1, 0.15) is 16.7 Å². The highest BCUT2D eigenvalue weighted by molar-refractivity contribution is 7.92. The second-order valence-electron chi connectivity index (χ2n) is 4.72. The molecule has 0 aliphatic heterocycles. The van der Waals surface area contributed by atoms with Crippen LogP contribution < -0.4 is 4.72 Å². The van der Waals surface area contributed by atoms with Gasteiger partial charge in [-0.3, -0.25) is 4.72 Å². The first-order chi connectivity index (χ1) is 8.88. The van der Waals surface area contributed by atoms with Crippen LogP contribution in [0.15, 0.2) is 47.4 Å². The van der Waals surface area contributed by atoms with E-state index in [-0.39, 0.29) is 4.90 Å². The average Bonchev–Trinajstić information content (AvgIpc) is 2.35. The Morgan fingerprint density at radius 1 is 0.842 bits per heavy atom. The van der Waals surface area contributed by atoms with Crippen molar-refractivity contribution in [3.8, 4) is 0 Å². The zero-order chi connectivity index (χ0) is 14.0. The van der Waals surface area contributed by atoms with E-state index in [9.17, 15) is 8.42 Å². The lowest BCUT2D eigenvalue weighted by molar-refractivity contribution is 0.601.